The Kier molecular flexibility index (Phi) is 14.2. The lowest BCUT2D eigenvalue weighted by Crippen LogP contribution is -2.12. The van der Waals surface area contributed by atoms with Gasteiger partial charge in [0.2, 0.25) is 11.6 Å². The van der Waals surface area contributed by atoms with Crippen LogP contribution in [0.1, 0.15) is 134 Å². The molecule has 13 aromatic carbocycles. The second kappa shape index (κ2) is 23.3. The molecule has 1 aliphatic carbocycles. The molecule has 8 nitrogen and oxygen atoms in total. The summed E-state index contributed by atoms with van der Waals surface area (Å²) in [7, 11) is 0. The van der Waals surface area contributed by atoms with Gasteiger partial charge in [0.25, 0.3) is 0 Å². The average molecular weight is 1370 g/mol. The van der Waals surface area contributed by atoms with E-state index in [1.54, 1.807) is 0 Å². The van der Waals surface area contributed by atoms with Crippen molar-refractivity contribution in [2.45, 2.75) is 111 Å². The number of benzene rings is 13. The Morgan fingerprint density at radius 3 is 1.12 bits per heavy atom. The number of fused-ring (bicyclic) bond motifs is 16. The van der Waals surface area contributed by atoms with Gasteiger partial charge in [0.1, 0.15) is 6.07 Å². The topological polar surface area (TPSA) is 73.2 Å². The molecule has 106 heavy (non-hydrogen) atoms. The van der Waals surface area contributed by atoms with Crippen LogP contribution in [-0.4, -0.2) is 32.5 Å². The summed E-state index contributed by atoms with van der Waals surface area (Å²) in [5, 5.41) is 15.7. The van der Waals surface area contributed by atoms with Gasteiger partial charge in [-0.25, -0.2) is 9.97 Å². The third kappa shape index (κ3) is 10.1. The molecule has 514 valence electrons. The van der Waals surface area contributed by atoms with Crippen molar-refractivity contribution < 1.29 is 0 Å². The van der Waals surface area contributed by atoms with Crippen LogP contribution in [0.5, 0.6) is 0 Å². The maximum absolute atomic E-state index is 13.3. The van der Waals surface area contributed by atoms with Crippen molar-refractivity contribution in [1.29, 1.82) is 5.26 Å². The first-order chi connectivity index (χ1) is 51.0. The highest BCUT2D eigenvalue weighted by Crippen LogP contribution is 2.56. The highest BCUT2D eigenvalue weighted by Gasteiger charge is 2.39. The molecule has 0 unspecified atom stereocenters. The van der Waals surface area contributed by atoms with Gasteiger partial charge in [-0.05, 0) is 214 Å². The first kappa shape index (κ1) is 64.5. The molecule has 18 aromatic rings. The van der Waals surface area contributed by atoms with Crippen molar-refractivity contribution in [3.05, 3.63) is 317 Å². The largest absolute Gasteiger partial charge is 0.309 e. The van der Waals surface area contributed by atoms with Gasteiger partial charge in [-0.2, -0.15) is 5.26 Å². The maximum atomic E-state index is 13.3. The van der Waals surface area contributed by atoms with Gasteiger partial charge < -0.3 is 4.57 Å². The second-order valence-electron chi connectivity index (χ2n) is 33.4. The van der Waals surface area contributed by atoms with Crippen molar-refractivity contribution in [3.63, 3.8) is 0 Å². The molecule has 0 aliphatic heterocycles. The minimum Gasteiger partial charge on any atom is -0.309 e. The van der Waals surface area contributed by atoms with Crippen LogP contribution in [0.4, 0.5) is 0 Å². The number of nitrogens with zero attached hydrogens (tertiary/aromatic N) is 8. The molecule has 0 radical (unpaired) electrons. The number of rotatable bonds is 8. The fourth-order valence-corrected chi connectivity index (χ4v) is 17.0. The van der Waals surface area contributed by atoms with E-state index in [1.807, 2.05) is 0 Å². The molecule has 0 atom stereocenters. The van der Waals surface area contributed by atoms with Gasteiger partial charge in [-0.15, -0.1) is 0 Å². The van der Waals surface area contributed by atoms with E-state index in [-0.39, 0.29) is 27.6 Å². The Labute approximate surface area is 618 Å². The molecule has 5 aromatic heterocycles. The summed E-state index contributed by atoms with van der Waals surface area (Å²) >= 11 is 0. The van der Waals surface area contributed by atoms with Crippen LogP contribution in [0, 0.1) is 11.3 Å². The lowest BCUT2D eigenvalue weighted by Gasteiger charge is -2.27. The molecule has 0 amide bonds. The highest BCUT2D eigenvalue weighted by atomic mass is 15.2. The number of para-hydroxylation sites is 2. The Balaban J connectivity index is 0.996. The van der Waals surface area contributed by atoms with Gasteiger partial charge in [0.15, 0.2) is 0 Å². The molecule has 0 bridgehead atoms. The van der Waals surface area contributed by atoms with Crippen LogP contribution in [0.25, 0.3) is 150 Å². The fraction of sp³-hybridized carbons (Fsp3) is 0.173. The van der Waals surface area contributed by atoms with Gasteiger partial charge in [0.05, 0.1) is 66.4 Å². The van der Waals surface area contributed by atoms with Crippen LogP contribution in [0.3, 0.4) is 0 Å². The number of aromatic nitrogens is 7. The molecule has 0 spiro atoms. The maximum Gasteiger partial charge on any atom is 0.220 e. The molecular weight excluding hydrogens is 1290 g/mol. The van der Waals surface area contributed by atoms with Crippen LogP contribution >= 0.6 is 0 Å². The van der Waals surface area contributed by atoms with E-state index in [0.29, 0.717) is 5.56 Å². The average Bonchev–Trinajstić information content (AvgIpc) is 1.50. The highest BCUT2D eigenvalue weighted by molar-refractivity contribution is 6.11. The van der Waals surface area contributed by atoms with E-state index >= 15 is 0 Å². The van der Waals surface area contributed by atoms with E-state index in [0.717, 1.165) is 145 Å². The molecule has 19 rings (SSSR count). The Hall–Kier alpha value is -12.3. The molecule has 0 N–H and O–H groups in total. The number of hydrogen-bond donors (Lipinski definition) is 0. The summed E-state index contributed by atoms with van der Waals surface area (Å²) < 4.78 is 11.8. The van der Waals surface area contributed by atoms with Crippen LogP contribution < -0.4 is 0 Å². The van der Waals surface area contributed by atoms with E-state index in [2.05, 4.69) is 385 Å². The van der Waals surface area contributed by atoms with E-state index in [1.165, 1.54) is 44.5 Å². The van der Waals surface area contributed by atoms with E-state index in [4.69, 9.17) is 9.97 Å². The van der Waals surface area contributed by atoms with Crippen LogP contribution in [-0.2, 0) is 21.7 Å². The second-order valence-corrected chi connectivity index (χ2v) is 33.4. The van der Waals surface area contributed by atoms with Crippen molar-refractivity contribution in [3.8, 4) is 78.8 Å². The number of imidazole rings is 4. The zero-order valence-corrected chi connectivity index (χ0v) is 62.1. The minimum absolute atomic E-state index is 0.139. The van der Waals surface area contributed by atoms with E-state index in [9.17, 15) is 5.26 Å². The molecule has 8 heteroatoms. The molecule has 0 saturated carbocycles. The lowest BCUT2D eigenvalue weighted by molar-refractivity contribution is 0.589. The van der Waals surface area contributed by atoms with Gasteiger partial charge in [-0.1, -0.05) is 253 Å². The summed E-state index contributed by atoms with van der Waals surface area (Å²) in [6.45, 7) is 27.7. The third-order valence-corrected chi connectivity index (χ3v) is 22.7. The van der Waals surface area contributed by atoms with Crippen LogP contribution in [0.2, 0.25) is 0 Å². The standard InChI is InChI=1S/C98H82N8/c1-95(2,3)65-37-41-71-74(53-65)75-54-66(96(4,5)6)38-42-72(75)91(71)92-73(63-35-45-83-87(51-63)105-85-49-61(59-25-17-13-18-26-59)33-43-79(85)100-93(105)102(83)69-29-21-15-22-30-69)57-89(104-81-47-39-67(97(7,8)9)55-76(81)77-56-68(98(10,11)12)40-48-82(77)104)90(78(92)58-99)64-36-46-84-88(52-64)106-86-50-62(60-27-19-14-20-28-60)34-44-80(86)101-94(106)103(84)70-31-23-16-24-32-70/h13-57,91H,1-12H3. The van der Waals surface area contributed by atoms with Crippen molar-refractivity contribution in [2.24, 2.45) is 0 Å². The molecule has 0 saturated heterocycles. The summed E-state index contributed by atoms with van der Waals surface area (Å²) in [4.78, 5) is 11.1. The van der Waals surface area contributed by atoms with Gasteiger partial charge >= 0.3 is 0 Å². The third-order valence-electron chi connectivity index (χ3n) is 22.7. The molecule has 1 aliphatic rings. The number of nitriles is 1. The minimum atomic E-state index is -0.386. The van der Waals surface area contributed by atoms with Gasteiger partial charge in [0, 0.05) is 33.6 Å². The Morgan fingerprint density at radius 1 is 0.311 bits per heavy atom. The molecular formula is C98H82N8. The molecule has 5 heterocycles. The summed E-state index contributed by atoms with van der Waals surface area (Å²) in [5.74, 6) is 1.23. The first-order valence-corrected chi connectivity index (χ1v) is 37.2. The summed E-state index contributed by atoms with van der Waals surface area (Å²) in [6, 6.07) is 104. The zero-order valence-electron chi connectivity index (χ0n) is 62.1. The van der Waals surface area contributed by atoms with Crippen molar-refractivity contribution in [1.82, 2.24) is 32.5 Å². The Bertz CT molecular complexity index is 6580. The summed E-state index contributed by atoms with van der Waals surface area (Å²) in [5.41, 5.74) is 31.8. The number of hydrogen-bond acceptors (Lipinski definition) is 3. The quantitative estimate of drug-likeness (QED) is 0.152. The Morgan fingerprint density at radius 2 is 0.689 bits per heavy atom. The predicted octanol–water partition coefficient (Wildman–Crippen LogP) is 25.2. The normalized spacial score (nSPS) is 13.0. The van der Waals surface area contributed by atoms with Crippen molar-refractivity contribution in [2.75, 3.05) is 0 Å². The first-order valence-electron chi connectivity index (χ1n) is 37.2. The molecule has 0 fully saturated rings. The fourth-order valence-electron chi connectivity index (χ4n) is 17.0. The predicted molar refractivity (Wildman–Crippen MR) is 441 cm³/mol. The lowest BCUT2D eigenvalue weighted by atomic mass is 9.77. The SMILES string of the molecule is CC(C)(C)c1ccc2c(c1)-c1cc(C(C)(C)C)ccc1C2c1c(-c2ccc3c(c2)n2c4cc(-c5ccccc5)ccc4nc2n3-c2ccccc2)cc(-n2c3ccc(C(C)(C)C)cc3c3cc(C(C)(C)C)ccc32)c(-c2ccc3c(c2)n2c4cc(-c5ccccc5)ccc4nc2n3-c2ccccc2)c1C#N. The smallest absolute Gasteiger partial charge is 0.220 e. The van der Waals surface area contributed by atoms with Gasteiger partial charge in [-0.3, -0.25) is 17.9 Å². The van der Waals surface area contributed by atoms with E-state index < -0.39 is 0 Å². The zero-order chi connectivity index (χ0) is 72.6. The summed E-state index contributed by atoms with van der Waals surface area (Å²) in [6.07, 6.45) is 0. The van der Waals surface area contributed by atoms with Crippen molar-refractivity contribution >= 4 is 77.5 Å². The monoisotopic (exact) mass is 1370 g/mol. The van der Waals surface area contributed by atoms with Crippen LogP contribution in [0.15, 0.2) is 273 Å².